The summed E-state index contributed by atoms with van der Waals surface area (Å²) >= 11 is 6.85. The number of methoxy groups -OCH3 is 1. The fourth-order valence-electron chi connectivity index (χ4n) is 1.77. The monoisotopic (exact) mass is 414 g/mol. The fraction of sp³-hybridized carbons (Fsp3) is 0.0714. The molecule has 0 spiro atoms. The number of carbonyl (C=O) groups is 1. The van der Waals surface area contributed by atoms with E-state index in [2.05, 4.69) is 37.2 Å². The molecule has 0 aliphatic carbocycles. The number of ether oxygens (including phenoxy) is 1. The summed E-state index contributed by atoms with van der Waals surface area (Å²) in [6.45, 7) is 0. The van der Waals surface area contributed by atoms with Crippen LogP contribution in [0.25, 0.3) is 0 Å². The lowest BCUT2D eigenvalue weighted by Gasteiger charge is -2.13. The first-order valence-corrected chi connectivity index (χ1v) is 7.44. The van der Waals surface area contributed by atoms with Crippen LogP contribution in [0.1, 0.15) is 10.4 Å². The summed E-state index contributed by atoms with van der Waals surface area (Å²) in [5, 5.41) is 12.1. The van der Waals surface area contributed by atoms with Crippen LogP contribution in [-0.4, -0.2) is 18.2 Å². The molecule has 0 heterocycles. The van der Waals surface area contributed by atoms with E-state index in [1.165, 1.54) is 6.07 Å². The highest BCUT2D eigenvalue weighted by Gasteiger charge is 2.10. The molecule has 0 aliphatic heterocycles. The van der Waals surface area contributed by atoms with Crippen molar-refractivity contribution in [3.63, 3.8) is 0 Å². The molecule has 0 aliphatic rings. The second kappa shape index (κ2) is 6.36. The number of anilines is 3. The lowest BCUT2D eigenvalue weighted by Crippen LogP contribution is -2.03. The Hall–Kier alpha value is -1.73. The lowest BCUT2D eigenvalue weighted by molar-refractivity contribution is 0.0698. The van der Waals surface area contributed by atoms with Crippen molar-refractivity contribution in [2.45, 2.75) is 0 Å². The Labute approximate surface area is 138 Å². The Morgan fingerprint density at radius 2 is 1.95 bits per heavy atom. The Bertz CT molecular complexity index is 705. The molecule has 0 radical (unpaired) electrons. The summed E-state index contributed by atoms with van der Waals surface area (Å²) in [4.78, 5) is 10.9. The minimum Gasteiger partial charge on any atom is -0.495 e. The van der Waals surface area contributed by atoms with Crippen molar-refractivity contribution in [2.24, 2.45) is 0 Å². The number of hydrogen-bond donors (Lipinski definition) is 3. The average Bonchev–Trinajstić information content (AvgIpc) is 2.41. The van der Waals surface area contributed by atoms with Gasteiger partial charge in [0.15, 0.2) is 0 Å². The van der Waals surface area contributed by atoms with E-state index in [0.29, 0.717) is 11.4 Å². The largest absolute Gasteiger partial charge is 0.495 e. The molecule has 4 N–H and O–H groups in total. The molecule has 0 atom stereocenters. The van der Waals surface area contributed by atoms with Crippen molar-refractivity contribution >= 4 is 54.9 Å². The highest BCUT2D eigenvalue weighted by molar-refractivity contribution is 9.11. The van der Waals surface area contributed by atoms with E-state index in [9.17, 15) is 4.79 Å². The molecular formula is C14H12Br2N2O3. The first kappa shape index (κ1) is 15.7. The zero-order valence-electron chi connectivity index (χ0n) is 11.0. The number of rotatable bonds is 4. The molecule has 2 rings (SSSR count). The van der Waals surface area contributed by atoms with E-state index in [-0.39, 0.29) is 11.3 Å². The number of carboxylic acids is 1. The predicted octanol–water partition coefficient (Wildman–Crippen LogP) is 4.24. The van der Waals surface area contributed by atoms with Crippen molar-refractivity contribution in [3.8, 4) is 5.75 Å². The van der Waals surface area contributed by atoms with E-state index < -0.39 is 5.97 Å². The highest BCUT2D eigenvalue weighted by atomic mass is 79.9. The van der Waals surface area contributed by atoms with Crippen LogP contribution in [0, 0.1) is 0 Å². The van der Waals surface area contributed by atoms with Crippen molar-refractivity contribution < 1.29 is 14.6 Å². The maximum Gasteiger partial charge on any atom is 0.337 e. The molecule has 7 heteroatoms. The summed E-state index contributed by atoms with van der Waals surface area (Å²) in [5.41, 5.74) is 7.47. The number of carboxylic acid groups (broad SMARTS) is 1. The highest BCUT2D eigenvalue weighted by Crippen LogP contribution is 2.36. The standard InChI is InChI=1S/C14H12Br2N2O3/c1-21-13-6-12(9(15)5-10(13)16)18-7-2-3-8(14(19)20)11(17)4-7/h2-6,18H,17H2,1H3,(H,19,20). The third-order valence-corrected chi connectivity index (χ3v) is 4.08. The maximum absolute atomic E-state index is 10.9. The molecule has 110 valence electrons. The van der Waals surface area contributed by atoms with E-state index in [1.807, 2.05) is 12.1 Å². The second-order valence-electron chi connectivity index (χ2n) is 4.20. The number of aromatic carboxylic acids is 1. The fourth-order valence-corrected chi connectivity index (χ4v) is 3.03. The topological polar surface area (TPSA) is 84.6 Å². The van der Waals surface area contributed by atoms with Crippen molar-refractivity contribution in [1.29, 1.82) is 0 Å². The van der Waals surface area contributed by atoms with Crippen LogP contribution in [0.3, 0.4) is 0 Å². The summed E-state index contributed by atoms with van der Waals surface area (Å²) < 4.78 is 6.89. The van der Waals surface area contributed by atoms with Gasteiger partial charge in [0.25, 0.3) is 0 Å². The van der Waals surface area contributed by atoms with Gasteiger partial charge in [0.2, 0.25) is 0 Å². The Morgan fingerprint density at radius 1 is 1.24 bits per heavy atom. The third kappa shape index (κ3) is 3.48. The Kier molecular flexibility index (Phi) is 4.74. The number of nitrogen functional groups attached to an aromatic ring is 1. The van der Waals surface area contributed by atoms with Gasteiger partial charge in [0.05, 0.1) is 22.8 Å². The normalized spacial score (nSPS) is 10.2. The second-order valence-corrected chi connectivity index (χ2v) is 5.91. The number of halogens is 2. The molecular weight excluding hydrogens is 404 g/mol. The number of nitrogens with two attached hydrogens (primary N) is 1. The van der Waals surface area contributed by atoms with Gasteiger partial charge in [0.1, 0.15) is 5.75 Å². The molecule has 5 nitrogen and oxygen atoms in total. The quantitative estimate of drug-likeness (QED) is 0.650. The summed E-state index contributed by atoms with van der Waals surface area (Å²) in [7, 11) is 1.58. The van der Waals surface area contributed by atoms with Crippen LogP contribution in [0.4, 0.5) is 17.1 Å². The van der Waals surface area contributed by atoms with E-state index in [4.69, 9.17) is 15.6 Å². The molecule has 0 fully saturated rings. The van der Waals surface area contributed by atoms with Gasteiger partial charge in [-0.3, -0.25) is 0 Å². The van der Waals surface area contributed by atoms with Crippen LogP contribution >= 0.6 is 31.9 Å². The Morgan fingerprint density at radius 3 is 2.52 bits per heavy atom. The van der Waals surface area contributed by atoms with Gasteiger partial charge in [0, 0.05) is 21.9 Å². The van der Waals surface area contributed by atoms with Crippen LogP contribution in [-0.2, 0) is 0 Å². The molecule has 0 unspecified atom stereocenters. The zero-order chi connectivity index (χ0) is 15.6. The molecule has 0 bridgehead atoms. The average molecular weight is 416 g/mol. The van der Waals surface area contributed by atoms with Gasteiger partial charge in [-0.25, -0.2) is 4.79 Å². The molecule has 0 saturated carbocycles. The van der Waals surface area contributed by atoms with E-state index >= 15 is 0 Å². The number of nitrogens with one attached hydrogen (secondary N) is 1. The minimum absolute atomic E-state index is 0.0769. The van der Waals surface area contributed by atoms with E-state index in [1.54, 1.807) is 19.2 Å². The molecule has 0 aromatic heterocycles. The van der Waals surface area contributed by atoms with Gasteiger partial charge in [-0.2, -0.15) is 0 Å². The van der Waals surface area contributed by atoms with Gasteiger partial charge in [-0.05, 0) is 56.1 Å². The summed E-state index contributed by atoms with van der Waals surface area (Å²) in [5.74, 6) is -0.374. The van der Waals surface area contributed by atoms with Crippen molar-refractivity contribution in [2.75, 3.05) is 18.2 Å². The van der Waals surface area contributed by atoms with Crippen molar-refractivity contribution in [3.05, 3.63) is 44.8 Å². The smallest absolute Gasteiger partial charge is 0.337 e. The van der Waals surface area contributed by atoms with Gasteiger partial charge in [-0.15, -0.1) is 0 Å². The van der Waals surface area contributed by atoms with Crippen LogP contribution in [0.5, 0.6) is 5.75 Å². The van der Waals surface area contributed by atoms with Crippen LogP contribution in [0.15, 0.2) is 39.3 Å². The summed E-state index contributed by atoms with van der Waals surface area (Å²) in [6, 6.07) is 8.36. The summed E-state index contributed by atoms with van der Waals surface area (Å²) in [6.07, 6.45) is 0. The van der Waals surface area contributed by atoms with Gasteiger partial charge < -0.3 is 20.9 Å². The van der Waals surface area contributed by atoms with Crippen LogP contribution in [0.2, 0.25) is 0 Å². The van der Waals surface area contributed by atoms with Gasteiger partial charge >= 0.3 is 5.97 Å². The maximum atomic E-state index is 10.9. The van der Waals surface area contributed by atoms with Gasteiger partial charge in [-0.1, -0.05) is 0 Å². The number of hydrogen-bond acceptors (Lipinski definition) is 4. The minimum atomic E-state index is -1.05. The predicted molar refractivity (Wildman–Crippen MR) is 89.5 cm³/mol. The number of benzene rings is 2. The Balaban J connectivity index is 2.34. The van der Waals surface area contributed by atoms with Crippen LogP contribution < -0.4 is 15.8 Å². The molecule has 2 aromatic carbocycles. The molecule has 2 aromatic rings. The molecule has 0 saturated heterocycles. The zero-order valence-corrected chi connectivity index (χ0v) is 14.2. The van der Waals surface area contributed by atoms with E-state index in [0.717, 1.165) is 14.6 Å². The SMILES string of the molecule is COc1cc(Nc2ccc(C(=O)O)c(N)c2)c(Br)cc1Br. The molecule has 21 heavy (non-hydrogen) atoms. The lowest BCUT2D eigenvalue weighted by atomic mass is 10.1. The first-order chi connectivity index (χ1) is 9.92. The molecule has 0 amide bonds. The first-order valence-electron chi connectivity index (χ1n) is 5.85. The van der Waals surface area contributed by atoms with Crippen molar-refractivity contribution in [1.82, 2.24) is 0 Å². The third-order valence-electron chi connectivity index (χ3n) is 2.80.